The zero-order valence-corrected chi connectivity index (χ0v) is 12.8. The number of benzene rings is 2. The van der Waals surface area contributed by atoms with Gasteiger partial charge in [0.1, 0.15) is 0 Å². The lowest BCUT2D eigenvalue weighted by molar-refractivity contribution is 0.872. The van der Waals surface area contributed by atoms with Crippen LogP contribution in [0.2, 0.25) is 0 Å². The number of thioether (sulfide) groups is 1. The zero-order valence-electron chi connectivity index (χ0n) is 12.0. The molecule has 0 radical (unpaired) electrons. The van der Waals surface area contributed by atoms with Gasteiger partial charge in [0.15, 0.2) is 0 Å². The monoisotopic (exact) mass is 294 g/mol. The summed E-state index contributed by atoms with van der Waals surface area (Å²) in [7, 11) is 0. The average Bonchev–Trinajstić information content (AvgIpc) is 2.55. The van der Waals surface area contributed by atoms with Gasteiger partial charge in [0, 0.05) is 22.7 Å². The van der Waals surface area contributed by atoms with E-state index in [1.54, 1.807) is 0 Å². The summed E-state index contributed by atoms with van der Waals surface area (Å²) in [5.74, 6) is 1.08. The summed E-state index contributed by atoms with van der Waals surface area (Å²) in [6.07, 6.45) is 3.76. The van der Waals surface area contributed by atoms with Gasteiger partial charge in [-0.15, -0.1) is 11.8 Å². The molecule has 2 aromatic carbocycles. The van der Waals surface area contributed by atoms with E-state index in [1.807, 2.05) is 36.3 Å². The maximum Gasteiger partial charge on any atom is 0.0573 e. The summed E-state index contributed by atoms with van der Waals surface area (Å²) >= 11 is 1.84. The summed E-state index contributed by atoms with van der Waals surface area (Å²) < 4.78 is 0. The summed E-state index contributed by atoms with van der Waals surface area (Å²) in [5.41, 5.74) is 8.65. The van der Waals surface area contributed by atoms with Crippen molar-refractivity contribution in [2.75, 3.05) is 5.75 Å². The second-order valence-corrected chi connectivity index (χ2v) is 6.27. The molecule has 21 heavy (non-hydrogen) atoms. The van der Waals surface area contributed by atoms with Gasteiger partial charge in [-0.3, -0.25) is 4.98 Å². The fourth-order valence-electron chi connectivity index (χ4n) is 2.51. The highest BCUT2D eigenvalue weighted by Gasteiger charge is 2.12. The zero-order chi connectivity index (χ0) is 14.7. The van der Waals surface area contributed by atoms with Crippen LogP contribution in [0.4, 0.5) is 0 Å². The lowest BCUT2D eigenvalue weighted by Crippen LogP contribution is -2.12. The predicted octanol–water partition coefficient (Wildman–Crippen LogP) is 4.39. The van der Waals surface area contributed by atoms with E-state index in [-0.39, 0.29) is 6.04 Å². The smallest absolute Gasteiger partial charge is 0.0573 e. The van der Waals surface area contributed by atoms with Crippen molar-refractivity contribution in [1.29, 1.82) is 0 Å². The van der Waals surface area contributed by atoms with Gasteiger partial charge in [-0.2, -0.15) is 0 Å². The Morgan fingerprint density at radius 3 is 2.57 bits per heavy atom. The Morgan fingerprint density at radius 2 is 1.81 bits per heavy atom. The molecule has 1 heterocycles. The lowest BCUT2D eigenvalue weighted by Gasteiger charge is -2.15. The third-order valence-corrected chi connectivity index (χ3v) is 4.48. The van der Waals surface area contributed by atoms with Crippen LogP contribution < -0.4 is 5.73 Å². The van der Waals surface area contributed by atoms with Crippen molar-refractivity contribution in [3.8, 4) is 0 Å². The highest BCUT2D eigenvalue weighted by Crippen LogP contribution is 2.27. The minimum absolute atomic E-state index is 0.149. The molecule has 1 unspecified atom stereocenters. The highest BCUT2D eigenvalue weighted by molar-refractivity contribution is 7.99. The molecule has 3 aromatic rings. The van der Waals surface area contributed by atoms with Gasteiger partial charge < -0.3 is 5.73 Å². The van der Waals surface area contributed by atoms with Crippen molar-refractivity contribution in [2.45, 2.75) is 17.9 Å². The minimum atomic E-state index is -0.149. The minimum Gasteiger partial charge on any atom is -0.320 e. The molecular formula is C18H18N2S. The van der Waals surface area contributed by atoms with Gasteiger partial charge in [-0.05, 0) is 34.4 Å². The Morgan fingerprint density at radius 1 is 1.05 bits per heavy atom. The summed E-state index contributed by atoms with van der Waals surface area (Å²) in [6.45, 7) is 2.16. The first-order chi connectivity index (χ1) is 10.3. The van der Waals surface area contributed by atoms with Crippen LogP contribution in [0.15, 0.2) is 65.8 Å². The van der Waals surface area contributed by atoms with Crippen LogP contribution in [0.5, 0.6) is 0 Å². The predicted molar refractivity (Wildman–Crippen MR) is 90.6 cm³/mol. The van der Waals surface area contributed by atoms with Gasteiger partial charge >= 0.3 is 0 Å². The first-order valence-electron chi connectivity index (χ1n) is 7.10. The standard InChI is InChI=1S/C18H18N2S/c1-2-21-15-9-7-13(8-10-15)18(19)17-12-20-11-14-5-3-4-6-16(14)17/h3-12,18H,2,19H2,1H3. The van der Waals surface area contributed by atoms with Crippen LogP contribution in [0, 0.1) is 0 Å². The normalized spacial score (nSPS) is 12.5. The quantitative estimate of drug-likeness (QED) is 0.725. The summed E-state index contributed by atoms with van der Waals surface area (Å²) in [4.78, 5) is 5.60. The molecular weight excluding hydrogens is 276 g/mol. The molecule has 0 fully saturated rings. The van der Waals surface area contributed by atoms with Crippen molar-refractivity contribution in [1.82, 2.24) is 4.98 Å². The molecule has 0 aliphatic heterocycles. The van der Waals surface area contributed by atoms with Gasteiger partial charge in [0.25, 0.3) is 0 Å². The van der Waals surface area contributed by atoms with Crippen LogP contribution in [-0.2, 0) is 0 Å². The molecule has 0 saturated carbocycles. The van der Waals surface area contributed by atoms with Gasteiger partial charge in [-0.25, -0.2) is 0 Å². The van der Waals surface area contributed by atoms with Gasteiger partial charge in [-0.1, -0.05) is 43.3 Å². The number of aromatic nitrogens is 1. The molecule has 0 spiro atoms. The van der Waals surface area contributed by atoms with E-state index in [9.17, 15) is 0 Å². The van der Waals surface area contributed by atoms with E-state index in [0.717, 1.165) is 22.3 Å². The Balaban J connectivity index is 1.98. The van der Waals surface area contributed by atoms with Gasteiger partial charge in [0.2, 0.25) is 0 Å². The Kier molecular flexibility index (Phi) is 4.23. The van der Waals surface area contributed by atoms with Crippen molar-refractivity contribution >= 4 is 22.5 Å². The topological polar surface area (TPSA) is 38.9 Å². The Labute approximate surface area is 129 Å². The van der Waals surface area contributed by atoms with Crippen LogP contribution in [0.3, 0.4) is 0 Å². The molecule has 3 heteroatoms. The van der Waals surface area contributed by atoms with Crippen LogP contribution in [-0.4, -0.2) is 10.7 Å². The molecule has 1 atom stereocenters. The molecule has 1 aromatic heterocycles. The Bertz CT molecular complexity index is 732. The molecule has 0 amide bonds. The number of nitrogens with two attached hydrogens (primary N) is 1. The fraction of sp³-hybridized carbons (Fsp3) is 0.167. The molecule has 0 bridgehead atoms. The van der Waals surface area contributed by atoms with E-state index < -0.39 is 0 Å². The van der Waals surface area contributed by atoms with E-state index >= 15 is 0 Å². The molecule has 0 aliphatic carbocycles. The second kappa shape index (κ2) is 6.29. The van der Waals surface area contributed by atoms with Crippen molar-refractivity contribution in [3.05, 3.63) is 72.1 Å². The molecule has 106 valence electrons. The number of nitrogens with zero attached hydrogens (tertiary/aromatic N) is 1. The lowest BCUT2D eigenvalue weighted by atomic mass is 9.96. The van der Waals surface area contributed by atoms with E-state index in [0.29, 0.717) is 0 Å². The van der Waals surface area contributed by atoms with Crippen LogP contribution >= 0.6 is 11.8 Å². The maximum absolute atomic E-state index is 6.46. The Hall–Kier alpha value is -1.84. The fourth-order valence-corrected chi connectivity index (χ4v) is 3.17. The van der Waals surface area contributed by atoms with Crippen LogP contribution in [0.25, 0.3) is 10.8 Å². The van der Waals surface area contributed by atoms with Gasteiger partial charge in [0.05, 0.1) is 6.04 Å². The largest absolute Gasteiger partial charge is 0.320 e. The summed E-state index contributed by atoms with van der Waals surface area (Å²) in [6, 6.07) is 16.6. The first kappa shape index (κ1) is 14.1. The number of pyridine rings is 1. The number of hydrogen-bond acceptors (Lipinski definition) is 3. The molecule has 0 saturated heterocycles. The number of fused-ring (bicyclic) bond motifs is 1. The molecule has 2 nitrogen and oxygen atoms in total. The van der Waals surface area contributed by atoms with E-state index in [1.165, 1.54) is 10.3 Å². The highest BCUT2D eigenvalue weighted by atomic mass is 32.2. The SMILES string of the molecule is CCSc1ccc(C(N)c2cncc3ccccc23)cc1. The third-order valence-electron chi connectivity index (χ3n) is 3.58. The van der Waals surface area contributed by atoms with E-state index in [4.69, 9.17) is 5.73 Å². The average molecular weight is 294 g/mol. The van der Waals surface area contributed by atoms with E-state index in [2.05, 4.69) is 48.3 Å². The van der Waals surface area contributed by atoms with Crippen molar-refractivity contribution < 1.29 is 0 Å². The van der Waals surface area contributed by atoms with Crippen LogP contribution in [0.1, 0.15) is 24.1 Å². The maximum atomic E-state index is 6.46. The number of rotatable bonds is 4. The number of hydrogen-bond donors (Lipinski definition) is 1. The van der Waals surface area contributed by atoms with Crippen molar-refractivity contribution in [2.24, 2.45) is 5.73 Å². The molecule has 3 rings (SSSR count). The molecule has 0 aliphatic rings. The summed E-state index contributed by atoms with van der Waals surface area (Å²) in [5, 5.41) is 2.30. The first-order valence-corrected chi connectivity index (χ1v) is 8.09. The second-order valence-electron chi connectivity index (χ2n) is 4.93. The van der Waals surface area contributed by atoms with Crippen molar-refractivity contribution in [3.63, 3.8) is 0 Å². The third kappa shape index (κ3) is 2.94. The molecule has 2 N–H and O–H groups in total.